The molecule has 1 rings (SSSR count). The number of ether oxygens (including phenoxy) is 2. The molecule has 0 heterocycles. The summed E-state index contributed by atoms with van der Waals surface area (Å²) in [6.07, 6.45) is 1.99. The minimum Gasteiger partial charge on any atom is -0.497 e. The number of hydrogen-bond acceptors (Lipinski definition) is 3. The molecule has 0 fully saturated rings. The molecule has 1 aromatic rings. The molecular weight excluding hydrogens is 417 g/mol. The Balaban J connectivity index is 0.00000529. The number of halogens is 1. The van der Waals surface area contributed by atoms with Crippen LogP contribution in [0.3, 0.4) is 0 Å². The Hall–Kier alpha value is -1.02. The molecular formula is C18H32IN3O2. The quantitative estimate of drug-likeness (QED) is 0.249. The summed E-state index contributed by atoms with van der Waals surface area (Å²) in [5, 5.41) is 6.66. The molecule has 2 N–H and O–H groups in total. The maximum absolute atomic E-state index is 5.20. The van der Waals surface area contributed by atoms with Crippen molar-refractivity contribution in [3.8, 4) is 5.75 Å². The Labute approximate surface area is 163 Å². The zero-order valence-corrected chi connectivity index (χ0v) is 17.6. The maximum atomic E-state index is 5.20. The zero-order chi connectivity index (χ0) is 16.9. The van der Waals surface area contributed by atoms with E-state index >= 15 is 0 Å². The monoisotopic (exact) mass is 449 g/mol. The molecule has 138 valence electrons. The van der Waals surface area contributed by atoms with Crippen molar-refractivity contribution in [2.24, 2.45) is 4.99 Å². The number of nitrogens with one attached hydrogen (secondary N) is 2. The number of rotatable bonds is 10. The Morgan fingerprint density at radius 3 is 2.46 bits per heavy atom. The van der Waals surface area contributed by atoms with E-state index in [1.54, 1.807) is 14.2 Å². The smallest absolute Gasteiger partial charge is 0.191 e. The molecule has 1 atom stereocenters. The van der Waals surface area contributed by atoms with E-state index in [9.17, 15) is 0 Å². The zero-order valence-electron chi connectivity index (χ0n) is 15.3. The lowest BCUT2D eigenvalue weighted by molar-refractivity contribution is 0.197. The van der Waals surface area contributed by atoms with Crippen LogP contribution in [0.25, 0.3) is 0 Å². The third-order valence-electron chi connectivity index (χ3n) is 3.68. The summed E-state index contributed by atoms with van der Waals surface area (Å²) in [4.78, 5) is 4.54. The van der Waals surface area contributed by atoms with E-state index in [0.717, 1.165) is 50.8 Å². The lowest BCUT2D eigenvalue weighted by atomic mass is 9.98. The van der Waals surface area contributed by atoms with Gasteiger partial charge in [-0.15, -0.1) is 24.0 Å². The van der Waals surface area contributed by atoms with E-state index in [2.05, 4.69) is 41.6 Å². The second-order valence-corrected chi connectivity index (χ2v) is 5.50. The van der Waals surface area contributed by atoms with Gasteiger partial charge in [0.1, 0.15) is 5.75 Å². The number of guanidine groups is 1. The lowest BCUT2D eigenvalue weighted by Gasteiger charge is -2.15. The van der Waals surface area contributed by atoms with Gasteiger partial charge in [-0.2, -0.15) is 0 Å². The SMILES string of the molecule is CCNC(=NCCCOC)NCCC(C)c1ccc(OC)cc1.I. The first-order valence-electron chi connectivity index (χ1n) is 8.36. The fraction of sp³-hybridized carbons (Fsp3) is 0.611. The van der Waals surface area contributed by atoms with Crippen LogP contribution >= 0.6 is 24.0 Å². The van der Waals surface area contributed by atoms with Gasteiger partial charge < -0.3 is 20.1 Å². The van der Waals surface area contributed by atoms with Gasteiger partial charge in [-0.25, -0.2) is 0 Å². The van der Waals surface area contributed by atoms with E-state index in [-0.39, 0.29) is 24.0 Å². The highest BCUT2D eigenvalue weighted by Gasteiger charge is 2.06. The van der Waals surface area contributed by atoms with Gasteiger partial charge in [0.15, 0.2) is 5.96 Å². The van der Waals surface area contributed by atoms with Crippen LogP contribution in [0.15, 0.2) is 29.3 Å². The van der Waals surface area contributed by atoms with Crippen LogP contribution < -0.4 is 15.4 Å². The standard InChI is InChI=1S/C18H31N3O2.HI/c1-5-19-18(20-12-6-14-22-3)21-13-11-15(2)16-7-9-17(23-4)10-8-16;/h7-10,15H,5-6,11-14H2,1-4H3,(H2,19,20,21);1H. The largest absolute Gasteiger partial charge is 0.497 e. The number of aliphatic imine (C=N–C) groups is 1. The topological polar surface area (TPSA) is 54.9 Å². The van der Waals surface area contributed by atoms with E-state index in [4.69, 9.17) is 9.47 Å². The summed E-state index contributed by atoms with van der Waals surface area (Å²) in [5.74, 6) is 2.27. The van der Waals surface area contributed by atoms with Crippen molar-refractivity contribution in [3.63, 3.8) is 0 Å². The fourth-order valence-electron chi connectivity index (χ4n) is 2.25. The minimum atomic E-state index is 0. The number of nitrogens with zero attached hydrogens (tertiary/aromatic N) is 1. The van der Waals surface area contributed by atoms with Crippen LogP contribution in [0.2, 0.25) is 0 Å². The van der Waals surface area contributed by atoms with Gasteiger partial charge in [-0.1, -0.05) is 19.1 Å². The molecule has 0 spiro atoms. The van der Waals surface area contributed by atoms with Crippen LogP contribution in [-0.4, -0.2) is 46.4 Å². The van der Waals surface area contributed by atoms with E-state index in [1.807, 2.05) is 12.1 Å². The fourth-order valence-corrected chi connectivity index (χ4v) is 2.25. The second kappa shape index (κ2) is 14.3. The second-order valence-electron chi connectivity index (χ2n) is 5.50. The van der Waals surface area contributed by atoms with Gasteiger partial charge in [0.25, 0.3) is 0 Å². The third-order valence-corrected chi connectivity index (χ3v) is 3.68. The van der Waals surface area contributed by atoms with Crippen molar-refractivity contribution in [1.29, 1.82) is 0 Å². The molecule has 0 saturated heterocycles. The number of methoxy groups -OCH3 is 2. The van der Waals surface area contributed by atoms with Crippen LogP contribution in [0.1, 0.15) is 38.2 Å². The van der Waals surface area contributed by atoms with Gasteiger partial charge >= 0.3 is 0 Å². The molecule has 0 amide bonds. The average molecular weight is 449 g/mol. The first kappa shape index (κ1) is 23.0. The molecule has 0 aromatic heterocycles. The summed E-state index contributed by atoms with van der Waals surface area (Å²) in [6.45, 7) is 7.60. The molecule has 1 aromatic carbocycles. The maximum Gasteiger partial charge on any atom is 0.191 e. The highest BCUT2D eigenvalue weighted by molar-refractivity contribution is 14.0. The van der Waals surface area contributed by atoms with Crippen molar-refractivity contribution in [1.82, 2.24) is 10.6 Å². The molecule has 0 bridgehead atoms. The molecule has 0 saturated carbocycles. The van der Waals surface area contributed by atoms with Crippen LogP contribution in [0.5, 0.6) is 5.75 Å². The van der Waals surface area contributed by atoms with Crippen molar-refractivity contribution in [2.45, 2.75) is 32.6 Å². The molecule has 24 heavy (non-hydrogen) atoms. The Morgan fingerprint density at radius 1 is 1.17 bits per heavy atom. The highest BCUT2D eigenvalue weighted by atomic mass is 127. The highest BCUT2D eigenvalue weighted by Crippen LogP contribution is 2.21. The Morgan fingerprint density at radius 2 is 1.88 bits per heavy atom. The molecule has 6 heteroatoms. The third kappa shape index (κ3) is 9.32. The van der Waals surface area contributed by atoms with Crippen LogP contribution in [-0.2, 0) is 4.74 Å². The van der Waals surface area contributed by atoms with Crippen molar-refractivity contribution in [2.75, 3.05) is 40.5 Å². The van der Waals surface area contributed by atoms with Crippen LogP contribution in [0, 0.1) is 0 Å². The van der Waals surface area contributed by atoms with Gasteiger partial charge in [0.2, 0.25) is 0 Å². The molecule has 0 radical (unpaired) electrons. The number of benzene rings is 1. The molecule has 0 aliphatic carbocycles. The lowest BCUT2D eigenvalue weighted by Crippen LogP contribution is -2.38. The first-order valence-corrected chi connectivity index (χ1v) is 8.36. The normalized spacial score (nSPS) is 12.2. The van der Waals surface area contributed by atoms with E-state index < -0.39 is 0 Å². The van der Waals surface area contributed by atoms with E-state index in [1.165, 1.54) is 5.56 Å². The van der Waals surface area contributed by atoms with Crippen molar-refractivity contribution in [3.05, 3.63) is 29.8 Å². The van der Waals surface area contributed by atoms with Crippen LogP contribution in [0.4, 0.5) is 0 Å². The van der Waals surface area contributed by atoms with Gasteiger partial charge in [0, 0.05) is 33.4 Å². The molecule has 0 aliphatic heterocycles. The predicted molar refractivity (Wildman–Crippen MR) is 112 cm³/mol. The van der Waals surface area contributed by atoms with Crippen molar-refractivity contribution < 1.29 is 9.47 Å². The Kier molecular flexibility index (Phi) is 13.7. The predicted octanol–water partition coefficient (Wildman–Crippen LogP) is 3.40. The van der Waals surface area contributed by atoms with Gasteiger partial charge in [0.05, 0.1) is 7.11 Å². The molecule has 5 nitrogen and oxygen atoms in total. The summed E-state index contributed by atoms with van der Waals surface area (Å²) in [6, 6.07) is 8.29. The van der Waals surface area contributed by atoms with Crippen molar-refractivity contribution >= 4 is 29.9 Å². The summed E-state index contributed by atoms with van der Waals surface area (Å²) < 4.78 is 10.2. The first-order chi connectivity index (χ1) is 11.2. The Bertz CT molecular complexity index is 452. The minimum absolute atomic E-state index is 0. The summed E-state index contributed by atoms with van der Waals surface area (Å²) in [5.41, 5.74) is 1.33. The molecule has 1 unspecified atom stereocenters. The van der Waals surface area contributed by atoms with Gasteiger partial charge in [-0.3, -0.25) is 4.99 Å². The van der Waals surface area contributed by atoms with Gasteiger partial charge in [-0.05, 0) is 43.4 Å². The molecule has 0 aliphatic rings. The van der Waals surface area contributed by atoms with E-state index in [0.29, 0.717) is 5.92 Å². The average Bonchev–Trinajstić information content (AvgIpc) is 2.58. The summed E-state index contributed by atoms with van der Waals surface area (Å²) in [7, 11) is 3.41. The summed E-state index contributed by atoms with van der Waals surface area (Å²) >= 11 is 0. The number of hydrogen-bond donors (Lipinski definition) is 2.